The van der Waals surface area contributed by atoms with Gasteiger partial charge in [0.25, 0.3) is 0 Å². The van der Waals surface area contributed by atoms with E-state index in [-0.39, 0.29) is 102 Å². The van der Waals surface area contributed by atoms with E-state index in [4.69, 9.17) is 0 Å². The number of rotatable bonds is 0. The molecule has 11 nitrogen and oxygen atoms in total. The smallest absolute Gasteiger partial charge is 1.00 e. The molecule has 0 amide bonds. The van der Waals surface area contributed by atoms with Crippen LogP contribution in [0.1, 0.15) is 2.85 Å². The monoisotopic (exact) mass is 239 g/mol. The van der Waals surface area contributed by atoms with Gasteiger partial charge in [0.05, 0.1) is 0 Å². The summed E-state index contributed by atoms with van der Waals surface area (Å²) in [4.78, 5) is 0. The standard InChI is InChI=1S/Ca.H3N.10H2O.2H/h;1H3;10*1H2;;/q+2;;;;;;;;;;;;2*-1. The van der Waals surface area contributed by atoms with Crippen LogP contribution in [0.2, 0.25) is 0 Å². The first kappa shape index (κ1) is 2670. The topological polar surface area (TPSA) is 350 Å². The summed E-state index contributed by atoms with van der Waals surface area (Å²) in [7, 11) is 0. The first-order valence-electron chi connectivity index (χ1n) is 0. The Bertz CT molecular complexity index is 18.1. The van der Waals surface area contributed by atoms with Crippen LogP contribution in [0.5, 0.6) is 0 Å². The molecular weight excluding hydrogens is 214 g/mol. The van der Waals surface area contributed by atoms with Crippen LogP contribution in [0.15, 0.2) is 0 Å². The van der Waals surface area contributed by atoms with E-state index in [9.17, 15) is 0 Å². The summed E-state index contributed by atoms with van der Waals surface area (Å²) in [6.07, 6.45) is 0. The number of hydrogen-bond acceptors (Lipinski definition) is 1. The Labute approximate surface area is 101 Å². The third kappa shape index (κ3) is 1550. The molecule has 23 N–H and O–H groups in total. The maximum atomic E-state index is 0. The zero-order valence-electron chi connectivity index (χ0n) is 8.41. The van der Waals surface area contributed by atoms with Crippen molar-refractivity contribution >= 4 is 37.7 Å². The second kappa shape index (κ2) is 2060. The fourth-order valence-corrected chi connectivity index (χ4v) is 0. The fourth-order valence-electron chi connectivity index (χ4n) is 0. The van der Waals surface area contributed by atoms with Crippen LogP contribution in [0.25, 0.3) is 0 Å². The van der Waals surface area contributed by atoms with E-state index < -0.39 is 0 Å². The molecule has 0 atom stereocenters. The summed E-state index contributed by atoms with van der Waals surface area (Å²) >= 11 is 0. The van der Waals surface area contributed by atoms with Crippen LogP contribution >= 0.6 is 0 Å². The van der Waals surface area contributed by atoms with E-state index in [2.05, 4.69) is 0 Å². The van der Waals surface area contributed by atoms with Gasteiger partial charge in [-0.25, -0.2) is 0 Å². The summed E-state index contributed by atoms with van der Waals surface area (Å²) in [5, 5.41) is 0. The molecule has 0 rings (SSSR count). The molecule has 0 aliphatic rings. The second-order valence-electron chi connectivity index (χ2n) is 0. The van der Waals surface area contributed by atoms with Gasteiger partial charge in [0.2, 0.25) is 0 Å². The molecule has 0 aliphatic heterocycles. The molecule has 0 bridgehead atoms. The molecular formula is H25CaNO10. The molecule has 12 heteroatoms. The molecule has 92 valence electrons. The molecule has 0 saturated carbocycles. The molecule has 0 saturated heterocycles. The maximum absolute atomic E-state index is 0. The van der Waals surface area contributed by atoms with Crippen LogP contribution in [0, 0.1) is 0 Å². The summed E-state index contributed by atoms with van der Waals surface area (Å²) in [6, 6.07) is 0. The van der Waals surface area contributed by atoms with Crippen molar-refractivity contribution in [2.24, 2.45) is 0 Å². The van der Waals surface area contributed by atoms with Gasteiger partial charge in [-0.15, -0.1) is 0 Å². The SMILES string of the molecule is N.O.O.O.O.O.O.O.O.O.O.[Ca+2].[H-].[H-]. The summed E-state index contributed by atoms with van der Waals surface area (Å²) < 4.78 is 0. The van der Waals surface area contributed by atoms with E-state index >= 15 is 0 Å². The first-order chi connectivity index (χ1) is 0. The minimum absolute atomic E-state index is 0. The molecule has 0 unspecified atom stereocenters. The predicted molar refractivity (Wildman–Crippen MR) is 49.1 cm³/mol. The van der Waals surface area contributed by atoms with Crippen LogP contribution in [0.4, 0.5) is 0 Å². The molecule has 0 aromatic rings. The predicted octanol–water partition coefficient (Wildman–Crippen LogP) is -8.24. The molecule has 0 aliphatic carbocycles. The Morgan fingerprint density at radius 1 is 0.333 bits per heavy atom. The Kier molecular flexibility index (Phi) is 457000. The molecule has 12 heavy (non-hydrogen) atoms. The third-order valence-corrected chi connectivity index (χ3v) is 0. The molecule has 0 aromatic heterocycles. The summed E-state index contributed by atoms with van der Waals surface area (Å²) in [6.45, 7) is 0. The van der Waals surface area contributed by atoms with Crippen LogP contribution in [0.3, 0.4) is 0 Å². The van der Waals surface area contributed by atoms with Gasteiger partial charge in [-0.1, -0.05) is 0 Å². The summed E-state index contributed by atoms with van der Waals surface area (Å²) in [5.74, 6) is 0. The Morgan fingerprint density at radius 3 is 0.333 bits per heavy atom. The minimum Gasteiger partial charge on any atom is -1.00 e. The van der Waals surface area contributed by atoms with Gasteiger partial charge < -0.3 is 63.8 Å². The molecule has 0 spiro atoms. The van der Waals surface area contributed by atoms with Crippen molar-refractivity contribution in [2.75, 3.05) is 0 Å². The van der Waals surface area contributed by atoms with Gasteiger partial charge in [-0.2, -0.15) is 0 Å². The van der Waals surface area contributed by atoms with Crippen molar-refractivity contribution in [3.8, 4) is 0 Å². The van der Waals surface area contributed by atoms with Crippen LogP contribution < -0.4 is 6.15 Å². The van der Waals surface area contributed by atoms with Crippen LogP contribution in [-0.4, -0.2) is 92.5 Å². The van der Waals surface area contributed by atoms with Crippen molar-refractivity contribution in [3.63, 3.8) is 0 Å². The van der Waals surface area contributed by atoms with Gasteiger partial charge >= 0.3 is 37.7 Å². The normalized spacial score (nSPS) is 0. The van der Waals surface area contributed by atoms with E-state index in [1.54, 1.807) is 0 Å². The first-order valence-corrected chi connectivity index (χ1v) is 0. The molecule has 0 fully saturated rings. The van der Waals surface area contributed by atoms with Gasteiger partial charge in [0, 0.05) is 0 Å². The van der Waals surface area contributed by atoms with Gasteiger partial charge in [-0.05, 0) is 0 Å². The Hall–Kier alpha value is 0.820. The van der Waals surface area contributed by atoms with Gasteiger partial charge in [0.1, 0.15) is 0 Å². The fraction of sp³-hybridized carbons (Fsp3) is 0. The second-order valence-corrected chi connectivity index (χ2v) is 0. The van der Waals surface area contributed by atoms with E-state index in [1.165, 1.54) is 0 Å². The van der Waals surface area contributed by atoms with Crippen molar-refractivity contribution < 1.29 is 57.6 Å². The largest absolute Gasteiger partial charge is 2.00 e. The van der Waals surface area contributed by atoms with E-state index in [0.717, 1.165) is 0 Å². The van der Waals surface area contributed by atoms with Crippen LogP contribution in [-0.2, 0) is 0 Å². The van der Waals surface area contributed by atoms with Gasteiger partial charge in [0.15, 0.2) is 0 Å². The zero-order chi connectivity index (χ0) is 0. The van der Waals surface area contributed by atoms with E-state index in [1.807, 2.05) is 0 Å². The molecule has 0 radical (unpaired) electrons. The maximum Gasteiger partial charge on any atom is 2.00 e. The minimum atomic E-state index is 0. The number of hydrogen-bond donors (Lipinski definition) is 1. The van der Waals surface area contributed by atoms with Crippen molar-refractivity contribution in [2.45, 2.75) is 0 Å². The van der Waals surface area contributed by atoms with Crippen molar-refractivity contribution in [3.05, 3.63) is 0 Å². The third-order valence-electron chi connectivity index (χ3n) is 0. The quantitative estimate of drug-likeness (QED) is 0.394. The Balaban J connectivity index is 0. The average Bonchev–Trinajstić information content (AvgIpc) is 0. The summed E-state index contributed by atoms with van der Waals surface area (Å²) in [5.41, 5.74) is 0. The Morgan fingerprint density at radius 2 is 0.333 bits per heavy atom. The van der Waals surface area contributed by atoms with E-state index in [0.29, 0.717) is 0 Å². The molecule has 0 heterocycles. The van der Waals surface area contributed by atoms with Gasteiger partial charge in [-0.3, -0.25) is 0 Å². The van der Waals surface area contributed by atoms with Crippen molar-refractivity contribution in [1.29, 1.82) is 0 Å². The van der Waals surface area contributed by atoms with Crippen molar-refractivity contribution in [1.82, 2.24) is 6.15 Å². The zero-order valence-corrected chi connectivity index (χ0v) is 8.62. The average molecular weight is 239 g/mol. The molecule has 0 aromatic carbocycles.